The van der Waals surface area contributed by atoms with Gasteiger partial charge in [-0.25, -0.2) is 22.8 Å². The maximum Gasteiger partial charge on any atom is 0.191 e. The molecule has 0 spiro atoms. The molecule has 3 aromatic rings. The van der Waals surface area contributed by atoms with Crippen LogP contribution in [0.5, 0.6) is 0 Å². The molecule has 32 heavy (non-hydrogen) atoms. The minimum Gasteiger partial charge on any atom is -0.352 e. The molecule has 0 atom stereocenters. The van der Waals surface area contributed by atoms with E-state index in [-0.39, 0.29) is 36.3 Å². The van der Waals surface area contributed by atoms with E-state index in [2.05, 4.69) is 25.6 Å². The van der Waals surface area contributed by atoms with E-state index >= 15 is 0 Å². The predicted octanol–water partition coefficient (Wildman–Crippen LogP) is 2.74. The van der Waals surface area contributed by atoms with Gasteiger partial charge in [0.2, 0.25) is 0 Å². The average molecular weight is 572 g/mol. The molecule has 0 unspecified atom stereocenters. The largest absolute Gasteiger partial charge is 0.352 e. The van der Waals surface area contributed by atoms with Gasteiger partial charge in [0.1, 0.15) is 17.5 Å². The predicted molar refractivity (Wildman–Crippen MR) is 133 cm³/mol. The highest BCUT2D eigenvalue weighted by atomic mass is 127. The van der Waals surface area contributed by atoms with Gasteiger partial charge in [-0.15, -0.1) is 24.0 Å². The number of nitrogens with one attached hydrogen (secondary N) is 2. The fourth-order valence-corrected chi connectivity index (χ4v) is 3.90. The molecule has 0 saturated carbocycles. The molecule has 0 aliphatic heterocycles. The van der Waals surface area contributed by atoms with Gasteiger partial charge < -0.3 is 10.6 Å². The average Bonchev–Trinajstić information content (AvgIpc) is 3.15. The SMILES string of the molecule is CN=C(NCc1ccc(-n2ccnc2C)nc1)NCc1cc(F)ccc1CS(C)(=O)=O.I. The van der Waals surface area contributed by atoms with Gasteiger partial charge in [-0.2, -0.15) is 0 Å². The molecule has 8 nitrogen and oxygen atoms in total. The van der Waals surface area contributed by atoms with E-state index in [1.165, 1.54) is 18.2 Å². The molecule has 11 heteroatoms. The number of aryl methyl sites for hydroxylation is 1. The Morgan fingerprint density at radius 2 is 1.88 bits per heavy atom. The topological polar surface area (TPSA) is 101 Å². The zero-order valence-electron chi connectivity index (χ0n) is 18.0. The van der Waals surface area contributed by atoms with E-state index in [4.69, 9.17) is 0 Å². The van der Waals surface area contributed by atoms with E-state index in [0.29, 0.717) is 23.6 Å². The number of aromatic nitrogens is 3. The first-order valence-corrected chi connectivity index (χ1v) is 11.7. The number of guanidine groups is 1. The van der Waals surface area contributed by atoms with Gasteiger partial charge in [0.25, 0.3) is 0 Å². The number of halogens is 2. The summed E-state index contributed by atoms with van der Waals surface area (Å²) in [6, 6.07) is 7.96. The summed E-state index contributed by atoms with van der Waals surface area (Å²) in [7, 11) is -1.61. The van der Waals surface area contributed by atoms with Crippen molar-refractivity contribution >= 4 is 39.8 Å². The van der Waals surface area contributed by atoms with Gasteiger partial charge >= 0.3 is 0 Å². The molecule has 0 fully saturated rings. The first-order valence-electron chi connectivity index (χ1n) is 9.60. The number of sulfone groups is 1. The lowest BCUT2D eigenvalue weighted by Gasteiger charge is -2.14. The van der Waals surface area contributed by atoms with Crippen molar-refractivity contribution < 1.29 is 12.8 Å². The van der Waals surface area contributed by atoms with Crippen molar-refractivity contribution in [1.82, 2.24) is 25.2 Å². The Kier molecular flexibility index (Phi) is 9.13. The van der Waals surface area contributed by atoms with Crippen molar-refractivity contribution in [3.63, 3.8) is 0 Å². The van der Waals surface area contributed by atoms with Crippen LogP contribution in [-0.4, -0.2) is 42.2 Å². The van der Waals surface area contributed by atoms with Gasteiger partial charge in [0.15, 0.2) is 15.8 Å². The highest BCUT2D eigenvalue weighted by Crippen LogP contribution is 2.14. The van der Waals surface area contributed by atoms with Crippen LogP contribution in [0.1, 0.15) is 22.5 Å². The molecule has 0 saturated heterocycles. The van der Waals surface area contributed by atoms with Crippen LogP contribution in [0.2, 0.25) is 0 Å². The van der Waals surface area contributed by atoms with Crippen molar-refractivity contribution in [2.75, 3.05) is 13.3 Å². The van der Waals surface area contributed by atoms with Crippen LogP contribution in [0.25, 0.3) is 5.82 Å². The molecule has 0 radical (unpaired) electrons. The standard InChI is InChI=1S/C21H25FN6O2S.HI/c1-15-24-8-9-28(15)20-7-4-16(11-25-20)12-26-21(23-2)27-13-18-10-19(22)6-5-17(18)14-31(3,29)30;/h4-11H,12-14H2,1-3H3,(H2,23,26,27);1H. The number of imidazole rings is 1. The monoisotopic (exact) mass is 572 g/mol. The Hall–Kier alpha value is -2.54. The number of nitrogens with zero attached hydrogens (tertiary/aromatic N) is 4. The molecular formula is C21H26FIN6O2S. The van der Waals surface area contributed by atoms with Crippen molar-refractivity contribution in [3.05, 3.63) is 77.3 Å². The summed E-state index contributed by atoms with van der Waals surface area (Å²) >= 11 is 0. The normalized spacial score (nSPS) is 11.7. The summed E-state index contributed by atoms with van der Waals surface area (Å²) in [5.74, 6) is 1.58. The molecule has 1 aromatic carbocycles. The van der Waals surface area contributed by atoms with Crippen LogP contribution in [0.4, 0.5) is 4.39 Å². The molecular weight excluding hydrogens is 546 g/mol. The van der Waals surface area contributed by atoms with Gasteiger partial charge in [-0.3, -0.25) is 9.56 Å². The lowest BCUT2D eigenvalue weighted by molar-refractivity contribution is 0.599. The van der Waals surface area contributed by atoms with Crippen molar-refractivity contribution in [1.29, 1.82) is 0 Å². The summed E-state index contributed by atoms with van der Waals surface area (Å²) in [6.45, 7) is 2.63. The van der Waals surface area contributed by atoms with Gasteiger partial charge in [0.05, 0.1) is 5.75 Å². The number of pyridine rings is 1. The molecule has 3 rings (SSSR count). The summed E-state index contributed by atoms with van der Waals surface area (Å²) in [5.41, 5.74) is 2.07. The van der Waals surface area contributed by atoms with Crippen LogP contribution >= 0.6 is 24.0 Å². The third-order valence-electron chi connectivity index (χ3n) is 4.60. The number of rotatable bonds is 7. The molecule has 2 heterocycles. The van der Waals surface area contributed by atoms with E-state index in [1.54, 1.807) is 19.4 Å². The zero-order valence-corrected chi connectivity index (χ0v) is 21.2. The maximum absolute atomic E-state index is 13.7. The summed E-state index contributed by atoms with van der Waals surface area (Å²) < 4.78 is 38.9. The van der Waals surface area contributed by atoms with E-state index < -0.39 is 15.7 Å². The fourth-order valence-electron chi connectivity index (χ4n) is 3.05. The Balaban J connectivity index is 0.00000363. The Bertz CT molecular complexity index is 1180. The van der Waals surface area contributed by atoms with Crippen molar-refractivity contribution in [3.8, 4) is 5.82 Å². The Labute approximate surface area is 204 Å². The van der Waals surface area contributed by atoms with Crippen LogP contribution in [0.3, 0.4) is 0 Å². The van der Waals surface area contributed by atoms with Crippen molar-refractivity contribution in [2.24, 2.45) is 4.99 Å². The minimum atomic E-state index is -3.23. The molecule has 0 bridgehead atoms. The minimum absolute atomic E-state index is 0. The van der Waals surface area contributed by atoms with Crippen LogP contribution in [0, 0.1) is 12.7 Å². The molecule has 172 valence electrons. The summed E-state index contributed by atoms with van der Waals surface area (Å²) in [6.07, 6.45) is 6.50. The number of hydrogen-bond donors (Lipinski definition) is 2. The Morgan fingerprint density at radius 3 is 2.47 bits per heavy atom. The summed E-state index contributed by atoms with van der Waals surface area (Å²) in [5, 5.41) is 6.27. The first-order chi connectivity index (χ1) is 14.7. The highest BCUT2D eigenvalue weighted by Gasteiger charge is 2.11. The Morgan fingerprint density at radius 1 is 1.12 bits per heavy atom. The highest BCUT2D eigenvalue weighted by molar-refractivity contribution is 14.0. The second-order valence-corrected chi connectivity index (χ2v) is 9.27. The van der Waals surface area contributed by atoms with Gasteiger partial charge in [-0.05, 0) is 41.8 Å². The van der Waals surface area contributed by atoms with E-state index in [9.17, 15) is 12.8 Å². The van der Waals surface area contributed by atoms with Crippen LogP contribution in [0.15, 0.2) is 53.9 Å². The molecule has 0 aliphatic carbocycles. The third-order valence-corrected chi connectivity index (χ3v) is 5.43. The van der Waals surface area contributed by atoms with E-state index in [1.807, 2.05) is 29.8 Å². The molecule has 2 aromatic heterocycles. The molecule has 0 aliphatic rings. The second-order valence-electron chi connectivity index (χ2n) is 7.13. The first kappa shape index (κ1) is 25.7. The zero-order chi connectivity index (χ0) is 22.4. The van der Waals surface area contributed by atoms with Crippen molar-refractivity contribution in [2.45, 2.75) is 25.8 Å². The van der Waals surface area contributed by atoms with Crippen LogP contribution < -0.4 is 10.6 Å². The molecule has 2 N–H and O–H groups in total. The van der Waals surface area contributed by atoms with E-state index in [0.717, 1.165) is 23.5 Å². The summed E-state index contributed by atoms with van der Waals surface area (Å²) in [4.78, 5) is 12.8. The number of hydrogen-bond acceptors (Lipinski definition) is 5. The fraction of sp³-hybridized carbons (Fsp3) is 0.286. The lowest BCUT2D eigenvalue weighted by atomic mass is 10.1. The number of benzene rings is 1. The lowest BCUT2D eigenvalue weighted by Crippen LogP contribution is -2.36. The second kappa shape index (κ2) is 11.4. The van der Waals surface area contributed by atoms with Gasteiger partial charge in [-0.1, -0.05) is 12.1 Å². The van der Waals surface area contributed by atoms with Gasteiger partial charge in [0, 0.05) is 45.0 Å². The molecule has 0 amide bonds. The third kappa shape index (κ3) is 7.26. The maximum atomic E-state index is 13.7. The van der Waals surface area contributed by atoms with Crippen LogP contribution in [-0.2, 0) is 28.7 Å². The number of aliphatic imine (C=N–C) groups is 1. The quantitative estimate of drug-likeness (QED) is 0.257. The smallest absolute Gasteiger partial charge is 0.191 e.